The Morgan fingerprint density at radius 3 is 2.26 bits per heavy atom. The Labute approximate surface area is 140 Å². The van der Waals surface area contributed by atoms with Crippen molar-refractivity contribution in [2.24, 2.45) is 0 Å². The first kappa shape index (κ1) is 17.8. The van der Waals surface area contributed by atoms with E-state index in [2.05, 4.69) is 39.8 Å². The van der Waals surface area contributed by atoms with E-state index in [4.69, 9.17) is 0 Å². The fourth-order valence-corrected chi connectivity index (χ4v) is 3.07. The minimum Gasteiger partial charge on any atom is -0.378 e. The average Bonchev–Trinajstić information content (AvgIpc) is 2.52. The van der Waals surface area contributed by atoms with Gasteiger partial charge in [-0.05, 0) is 30.5 Å². The van der Waals surface area contributed by atoms with Crippen molar-refractivity contribution in [3.05, 3.63) is 29.8 Å². The van der Waals surface area contributed by atoms with Crippen LogP contribution in [-0.4, -0.2) is 32.6 Å². The van der Waals surface area contributed by atoms with Crippen LogP contribution in [0.4, 0.5) is 5.69 Å². The van der Waals surface area contributed by atoms with Gasteiger partial charge in [0.1, 0.15) is 0 Å². The minimum absolute atomic E-state index is 0.0868. The van der Waals surface area contributed by atoms with Crippen molar-refractivity contribution in [3.63, 3.8) is 0 Å². The molecule has 0 spiro atoms. The Morgan fingerprint density at radius 1 is 1.04 bits per heavy atom. The molecule has 0 atom stereocenters. The average molecular weight is 317 g/mol. The Balaban J connectivity index is 1.67. The van der Waals surface area contributed by atoms with E-state index in [1.165, 1.54) is 50.6 Å². The number of hydrogen-bond donors (Lipinski definition) is 2. The van der Waals surface area contributed by atoms with Gasteiger partial charge in [0.2, 0.25) is 5.91 Å². The molecular formula is C19H31N3O. The molecule has 1 aromatic rings. The van der Waals surface area contributed by atoms with Gasteiger partial charge < -0.3 is 15.5 Å². The van der Waals surface area contributed by atoms with Gasteiger partial charge >= 0.3 is 0 Å². The molecule has 1 aliphatic carbocycles. The Bertz CT molecular complexity index is 462. The van der Waals surface area contributed by atoms with E-state index >= 15 is 0 Å². The van der Waals surface area contributed by atoms with Gasteiger partial charge in [0.25, 0.3) is 0 Å². The molecule has 2 rings (SSSR count). The highest BCUT2D eigenvalue weighted by atomic mass is 16.1. The van der Waals surface area contributed by atoms with Crippen LogP contribution in [0.15, 0.2) is 24.3 Å². The van der Waals surface area contributed by atoms with Crippen molar-refractivity contribution < 1.29 is 4.79 Å². The first-order valence-corrected chi connectivity index (χ1v) is 8.91. The fraction of sp³-hybridized carbons (Fsp3) is 0.632. The van der Waals surface area contributed by atoms with Crippen LogP contribution in [0.5, 0.6) is 0 Å². The lowest BCUT2D eigenvalue weighted by atomic mass is 9.97. The van der Waals surface area contributed by atoms with Gasteiger partial charge in [-0.15, -0.1) is 0 Å². The van der Waals surface area contributed by atoms with Gasteiger partial charge in [0.15, 0.2) is 0 Å². The van der Waals surface area contributed by atoms with E-state index in [-0.39, 0.29) is 5.91 Å². The highest BCUT2D eigenvalue weighted by molar-refractivity contribution is 5.78. The summed E-state index contributed by atoms with van der Waals surface area (Å²) in [5, 5.41) is 6.43. The molecular weight excluding hydrogens is 286 g/mol. The monoisotopic (exact) mass is 317 g/mol. The summed E-state index contributed by atoms with van der Waals surface area (Å²) in [5.41, 5.74) is 2.31. The summed E-state index contributed by atoms with van der Waals surface area (Å²) in [4.78, 5) is 14.1. The maximum Gasteiger partial charge on any atom is 0.234 e. The van der Waals surface area contributed by atoms with Crippen LogP contribution in [0.25, 0.3) is 0 Å². The number of amides is 1. The number of carbonyl (C=O) groups is 1. The van der Waals surface area contributed by atoms with Crippen LogP contribution in [0.2, 0.25) is 0 Å². The van der Waals surface area contributed by atoms with Gasteiger partial charge in [-0.25, -0.2) is 0 Å². The standard InChI is InChI=1S/C19H31N3O/c1-22(2)18-12-10-16(11-13-18)14-21-19(23)15-20-17-8-6-4-3-5-7-9-17/h10-13,17,20H,3-9,14-15H2,1-2H3,(H,21,23). The highest BCUT2D eigenvalue weighted by Gasteiger charge is 2.12. The van der Waals surface area contributed by atoms with Crippen molar-refractivity contribution >= 4 is 11.6 Å². The van der Waals surface area contributed by atoms with Crippen molar-refractivity contribution in [1.82, 2.24) is 10.6 Å². The molecule has 0 aliphatic heterocycles. The molecule has 4 nitrogen and oxygen atoms in total. The summed E-state index contributed by atoms with van der Waals surface area (Å²) in [7, 11) is 4.05. The number of benzene rings is 1. The van der Waals surface area contributed by atoms with Gasteiger partial charge in [0.05, 0.1) is 6.54 Å². The first-order valence-electron chi connectivity index (χ1n) is 8.91. The molecule has 4 heteroatoms. The van der Waals surface area contributed by atoms with Crippen LogP contribution in [0, 0.1) is 0 Å². The summed E-state index contributed by atoms with van der Waals surface area (Å²) < 4.78 is 0. The molecule has 0 unspecified atom stereocenters. The van der Waals surface area contributed by atoms with Crippen molar-refractivity contribution in [2.45, 2.75) is 57.5 Å². The lowest BCUT2D eigenvalue weighted by Gasteiger charge is -2.20. The van der Waals surface area contributed by atoms with Gasteiger partial charge in [-0.2, -0.15) is 0 Å². The maximum absolute atomic E-state index is 12.0. The number of nitrogens with one attached hydrogen (secondary N) is 2. The molecule has 0 heterocycles. The van der Waals surface area contributed by atoms with E-state index in [0.29, 0.717) is 19.1 Å². The number of rotatable bonds is 6. The molecule has 23 heavy (non-hydrogen) atoms. The Morgan fingerprint density at radius 2 is 1.65 bits per heavy atom. The van der Waals surface area contributed by atoms with E-state index < -0.39 is 0 Å². The zero-order chi connectivity index (χ0) is 16.5. The topological polar surface area (TPSA) is 44.4 Å². The third kappa shape index (κ3) is 6.61. The Hall–Kier alpha value is -1.55. The number of hydrogen-bond acceptors (Lipinski definition) is 3. The first-order chi connectivity index (χ1) is 11.1. The predicted octanol–water partition coefficient (Wildman–Crippen LogP) is 3.07. The van der Waals surface area contributed by atoms with Crippen molar-refractivity contribution in [1.29, 1.82) is 0 Å². The molecule has 0 aromatic heterocycles. The molecule has 0 saturated heterocycles. The van der Waals surface area contributed by atoms with E-state index in [1.807, 2.05) is 14.1 Å². The smallest absolute Gasteiger partial charge is 0.234 e. The Kier molecular flexibility index (Phi) is 7.40. The second-order valence-electron chi connectivity index (χ2n) is 6.76. The van der Waals surface area contributed by atoms with Crippen LogP contribution < -0.4 is 15.5 Å². The van der Waals surface area contributed by atoms with Gasteiger partial charge in [0, 0.05) is 32.4 Å². The fourth-order valence-electron chi connectivity index (χ4n) is 3.07. The molecule has 1 saturated carbocycles. The molecule has 1 aliphatic rings. The SMILES string of the molecule is CN(C)c1ccc(CNC(=O)CNC2CCCCCCC2)cc1. The summed E-state index contributed by atoms with van der Waals surface area (Å²) in [5.74, 6) is 0.0868. The second kappa shape index (κ2) is 9.56. The summed E-state index contributed by atoms with van der Waals surface area (Å²) in [6.45, 7) is 1.03. The van der Waals surface area contributed by atoms with Crippen LogP contribution in [0.3, 0.4) is 0 Å². The number of carbonyl (C=O) groups excluding carboxylic acids is 1. The third-order valence-corrected chi connectivity index (χ3v) is 4.60. The lowest BCUT2D eigenvalue weighted by molar-refractivity contribution is -0.120. The molecule has 128 valence electrons. The molecule has 1 fully saturated rings. The van der Waals surface area contributed by atoms with Crippen LogP contribution in [-0.2, 0) is 11.3 Å². The van der Waals surface area contributed by atoms with Crippen molar-refractivity contribution in [2.75, 3.05) is 25.5 Å². The minimum atomic E-state index is 0.0868. The zero-order valence-electron chi connectivity index (χ0n) is 14.6. The maximum atomic E-state index is 12.0. The third-order valence-electron chi connectivity index (χ3n) is 4.60. The summed E-state index contributed by atoms with van der Waals surface area (Å²) in [6.07, 6.45) is 9.05. The van der Waals surface area contributed by atoms with Crippen molar-refractivity contribution in [3.8, 4) is 0 Å². The van der Waals surface area contributed by atoms with Gasteiger partial charge in [-0.3, -0.25) is 4.79 Å². The molecule has 0 radical (unpaired) electrons. The van der Waals surface area contributed by atoms with Crippen LogP contribution >= 0.6 is 0 Å². The zero-order valence-corrected chi connectivity index (χ0v) is 14.6. The molecule has 2 N–H and O–H groups in total. The molecule has 1 aromatic carbocycles. The normalized spacial score (nSPS) is 16.4. The number of nitrogens with zero attached hydrogens (tertiary/aromatic N) is 1. The second-order valence-corrected chi connectivity index (χ2v) is 6.76. The summed E-state index contributed by atoms with van der Waals surface area (Å²) in [6, 6.07) is 8.80. The molecule has 0 bridgehead atoms. The van der Waals surface area contributed by atoms with E-state index in [9.17, 15) is 4.79 Å². The lowest BCUT2D eigenvalue weighted by Crippen LogP contribution is -2.39. The largest absolute Gasteiger partial charge is 0.378 e. The van der Waals surface area contributed by atoms with Gasteiger partial charge in [-0.1, -0.05) is 44.2 Å². The number of anilines is 1. The van der Waals surface area contributed by atoms with E-state index in [1.54, 1.807) is 0 Å². The highest BCUT2D eigenvalue weighted by Crippen LogP contribution is 2.17. The van der Waals surface area contributed by atoms with Crippen LogP contribution in [0.1, 0.15) is 50.5 Å². The van der Waals surface area contributed by atoms with E-state index in [0.717, 1.165) is 5.56 Å². The molecule has 1 amide bonds. The predicted molar refractivity (Wildman–Crippen MR) is 96.7 cm³/mol. The summed E-state index contributed by atoms with van der Waals surface area (Å²) >= 11 is 0. The quantitative estimate of drug-likeness (QED) is 0.847.